The Balaban J connectivity index is 1.36. The van der Waals surface area contributed by atoms with Crippen LogP contribution in [0, 0.1) is 29.6 Å². The zero-order valence-corrected chi connectivity index (χ0v) is 20.7. The van der Waals surface area contributed by atoms with Gasteiger partial charge < -0.3 is 5.11 Å². The smallest absolute Gasteiger partial charge is 0.264 e. The molecule has 2 fully saturated rings. The number of aliphatic hydroxyl groups excluding tert-OH is 1. The van der Waals surface area contributed by atoms with Crippen molar-refractivity contribution in [3.8, 4) is 23.7 Å². The zero-order chi connectivity index (χ0) is 24.5. The van der Waals surface area contributed by atoms with Crippen LogP contribution in [-0.4, -0.2) is 70.8 Å². The van der Waals surface area contributed by atoms with Crippen LogP contribution in [0.3, 0.4) is 0 Å². The molecule has 1 aliphatic heterocycles. The monoisotopic (exact) mass is 501 g/mol. The van der Waals surface area contributed by atoms with Crippen molar-refractivity contribution in [3.63, 3.8) is 0 Å². The van der Waals surface area contributed by atoms with Gasteiger partial charge in [-0.3, -0.25) is 14.9 Å². The predicted molar refractivity (Wildman–Crippen MR) is 130 cm³/mol. The molecule has 4 rings (SSSR count). The molecule has 1 aromatic carbocycles. The highest BCUT2D eigenvalue weighted by atomic mass is 32.2. The SMILES string of the molecule is C[C@@](CCc1nc2ccc(C#CC#CC3CN(C4CC(O)C4)C3)cc2s1)(C(=O)NO)S(C)(=O)=O. The lowest BCUT2D eigenvalue weighted by atomic mass is 9.84. The molecule has 10 heteroatoms. The number of carbonyl (C=O) groups excluding carboxylic acids is 1. The van der Waals surface area contributed by atoms with Gasteiger partial charge in [-0.2, -0.15) is 0 Å². The third-order valence-corrected chi connectivity index (χ3v) is 9.81. The average Bonchev–Trinajstić information content (AvgIpc) is 3.15. The molecule has 34 heavy (non-hydrogen) atoms. The summed E-state index contributed by atoms with van der Waals surface area (Å²) in [6.07, 6.45) is 2.87. The Morgan fingerprint density at radius 2 is 2.06 bits per heavy atom. The number of sulfone groups is 1. The zero-order valence-electron chi connectivity index (χ0n) is 19.0. The minimum Gasteiger partial charge on any atom is -0.393 e. The average molecular weight is 502 g/mol. The molecular weight excluding hydrogens is 474 g/mol. The van der Waals surface area contributed by atoms with Gasteiger partial charge in [-0.15, -0.1) is 11.3 Å². The Labute approximate surface area is 203 Å². The van der Waals surface area contributed by atoms with E-state index in [1.54, 1.807) is 0 Å². The Morgan fingerprint density at radius 3 is 2.71 bits per heavy atom. The van der Waals surface area contributed by atoms with E-state index in [1.165, 1.54) is 23.7 Å². The summed E-state index contributed by atoms with van der Waals surface area (Å²) in [7, 11) is -3.75. The number of aryl methyl sites for hydroxylation is 1. The van der Waals surface area contributed by atoms with Crippen molar-refractivity contribution in [2.75, 3.05) is 19.3 Å². The number of nitrogens with one attached hydrogen (secondary N) is 1. The van der Waals surface area contributed by atoms with Crippen molar-refractivity contribution in [1.29, 1.82) is 0 Å². The van der Waals surface area contributed by atoms with E-state index in [0.717, 1.165) is 48.0 Å². The van der Waals surface area contributed by atoms with Gasteiger partial charge in [0.2, 0.25) is 0 Å². The summed E-state index contributed by atoms with van der Waals surface area (Å²) >= 11 is 1.42. The van der Waals surface area contributed by atoms with Gasteiger partial charge in [-0.05, 0) is 56.2 Å². The van der Waals surface area contributed by atoms with Crippen LogP contribution in [0.1, 0.15) is 36.8 Å². The van der Waals surface area contributed by atoms with Crippen LogP contribution in [0.15, 0.2) is 18.2 Å². The van der Waals surface area contributed by atoms with Gasteiger partial charge in [0, 0.05) is 43.3 Å². The van der Waals surface area contributed by atoms with Gasteiger partial charge in [-0.25, -0.2) is 18.9 Å². The van der Waals surface area contributed by atoms with Crippen LogP contribution in [0.5, 0.6) is 0 Å². The largest absolute Gasteiger partial charge is 0.393 e. The maximum atomic E-state index is 12.1. The van der Waals surface area contributed by atoms with Crippen molar-refractivity contribution in [1.82, 2.24) is 15.4 Å². The third-order valence-electron chi connectivity index (χ3n) is 6.71. The quantitative estimate of drug-likeness (QED) is 0.310. The second-order valence-electron chi connectivity index (χ2n) is 9.18. The summed E-state index contributed by atoms with van der Waals surface area (Å²) in [5.41, 5.74) is 3.06. The molecule has 1 aliphatic carbocycles. The Kier molecular flexibility index (Phi) is 6.99. The Morgan fingerprint density at radius 1 is 1.32 bits per heavy atom. The van der Waals surface area contributed by atoms with Crippen molar-refractivity contribution < 1.29 is 23.5 Å². The van der Waals surface area contributed by atoms with Crippen LogP contribution in [0.2, 0.25) is 0 Å². The van der Waals surface area contributed by atoms with Crippen molar-refractivity contribution in [3.05, 3.63) is 28.8 Å². The molecule has 0 unspecified atom stereocenters. The highest BCUT2D eigenvalue weighted by Crippen LogP contribution is 2.31. The number of fused-ring (bicyclic) bond motifs is 1. The van der Waals surface area contributed by atoms with E-state index in [0.29, 0.717) is 17.0 Å². The van der Waals surface area contributed by atoms with E-state index < -0.39 is 20.5 Å². The second kappa shape index (κ2) is 9.65. The minimum absolute atomic E-state index is 0.000222. The maximum Gasteiger partial charge on any atom is 0.264 e. The summed E-state index contributed by atoms with van der Waals surface area (Å²) in [5, 5.41) is 19.1. The highest BCUT2D eigenvalue weighted by Gasteiger charge is 2.43. The van der Waals surface area contributed by atoms with Crippen LogP contribution >= 0.6 is 11.3 Å². The number of benzene rings is 1. The number of amides is 1. The molecule has 2 aromatic rings. The fourth-order valence-corrected chi connectivity index (χ4v) is 5.95. The molecule has 0 bridgehead atoms. The number of rotatable bonds is 6. The van der Waals surface area contributed by atoms with E-state index >= 15 is 0 Å². The highest BCUT2D eigenvalue weighted by molar-refractivity contribution is 7.92. The molecule has 8 nitrogen and oxygen atoms in total. The Bertz CT molecular complexity index is 1320. The second-order valence-corrected chi connectivity index (χ2v) is 12.7. The standard InChI is InChI=1S/C24H27N3O5S2/c1-24(23(29)26-30,34(2,31)32)10-9-22-25-20-8-7-16(11-21(20)33-22)5-3-4-6-17-14-27(15-17)18-12-19(28)13-18/h7-8,11,17-19,28,30H,9-10,12-15H2,1-2H3,(H,26,29)/t18?,19?,24-/m1/s1. The maximum absolute atomic E-state index is 12.1. The van der Waals surface area contributed by atoms with Crippen LogP contribution in [0.25, 0.3) is 10.2 Å². The normalized spacial score (nSPS) is 22.4. The van der Waals surface area contributed by atoms with Crippen LogP contribution in [0.4, 0.5) is 0 Å². The van der Waals surface area contributed by atoms with Crippen molar-refractivity contribution >= 4 is 37.3 Å². The van der Waals surface area contributed by atoms with E-state index in [9.17, 15) is 18.3 Å². The van der Waals surface area contributed by atoms with Gasteiger partial charge in [0.25, 0.3) is 5.91 Å². The summed E-state index contributed by atoms with van der Waals surface area (Å²) in [6, 6.07) is 6.17. The number of likely N-dealkylation sites (tertiary alicyclic amines) is 1. The minimum atomic E-state index is -3.75. The topological polar surface area (TPSA) is 120 Å². The lowest BCUT2D eigenvalue weighted by molar-refractivity contribution is -0.131. The number of hydrogen-bond donors (Lipinski definition) is 3. The van der Waals surface area contributed by atoms with E-state index in [2.05, 4.69) is 33.6 Å². The van der Waals surface area contributed by atoms with Crippen molar-refractivity contribution in [2.24, 2.45) is 5.92 Å². The number of thiazole rings is 1. The van der Waals surface area contributed by atoms with Crippen LogP contribution < -0.4 is 5.48 Å². The fraction of sp³-hybridized carbons (Fsp3) is 0.500. The first-order valence-corrected chi connectivity index (χ1v) is 13.8. The number of aromatic nitrogens is 1. The molecule has 0 spiro atoms. The molecule has 1 saturated heterocycles. The molecule has 180 valence electrons. The molecule has 1 amide bonds. The summed E-state index contributed by atoms with van der Waals surface area (Å²) in [4.78, 5) is 18.9. The van der Waals surface area contributed by atoms with Gasteiger partial charge >= 0.3 is 0 Å². The summed E-state index contributed by atoms with van der Waals surface area (Å²) in [5.74, 6) is 11.5. The first kappa shape index (κ1) is 24.6. The van der Waals surface area contributed by atoms with Crippen molar-refractivity contribution in [2.45, 2.75) is 49.5 Å². The number of carbonyl (C=O) groups is 1. The third kappa shape index (κ3) is 5.12. The number of nitrogens with zero attached hydrogens (tertiary/aromatic N) is 2. The summed E-state index contributed by atoms with van der Waals surface area (Å²) < 4.78 is 23.4. The van der Waals surface area contributed by atoms with Gasteiger partial charge in [-0.1, -0.05) is 11.8 Å². The molecule has 0 radical (unpaired) electrons. The molecule has 3 N–H and O–H groups in total. The number of aliphatic hydroxyl groups is 1. The molecule has 2 heterocycles. The molecule has 1 saturated carbocycles. The van der Waals surface area contributed by atoms with Gasteiger partial charge in [0.05, 0.1) is 21.3 Å². The lowest BCUT2D eigenvalue weighted by Gasteiger charge is -2.48. The predicted octanol–water partition coefficient (Wildman–Crippen LogP) is 1.35. The summed E-state index contributed by atoms with van der Waals surface area (Å²) in [6.45, 7) is 3.19. The van der Waals surface area contributed by atoms with E-state index in [1.807, 2.05) is 18.2 Å². The number of hydroxylamine groups is 1. The van der Waals surface area contributed by atoms with E-state index in [-0.39, 0.29) is 18.9 Å². The lowest BCUT2D eigenvalue weighted by Crippen LogP contribution is -2.57. The molecule has 2 aliphatic rings. The van der Waals surface area contributed by atoms with Gasteiger partial charge in [0.1, 0.15) is 4.75 Å². The first-order valence-electron chi connectivity index (χ1n) is 11.1. The Hall–Kier alpha value is -2.47. The number of hydrogen-bond acceptors (Lipinski definition) is 8. The van der Waals surface area contributed by atoms with E-state index in [4.69, 9.17) is 5.21 Å². The first-order chi connectivity index (χ1) is 16.1. The molecule has 1 aromatic heterocycles. The molecule has 1 atom stereocenters. The van der Waals surface area contributed by atoms with Crippen LogP contribution in [-0.2, 0) is 21.1 Å². The molecular formula is C24H27N3O5S2. The van der Waals surface area contributed by atoms with Gasteiger partial charge in [0.15, 0.2) is 9.84 Å². The fourth-order valence-electron chi connectivity index (χ4n) is 4.09.